The molecule has 0 aliphatic rings. The summed E-state index contributed by atoms with van der Waals surface area (Å²) in [4.78, 5) is 0. The molecule has 0 spiro atoms. The van der Waals surface area contributed by atoms with Crippen LogP contribution in [0.2, 0.25) is 0 Å². The van der Waals surface area contributed by atoms with Gasteiger partial charge in [0.15, 0.2) is 0 Å². The van der Waals surface area contributed by atoms with E-state index in [0.717, 1.165) is 13.0 Å². The maximum Gasteiger partial charge on any atom is 0.0483 e. The molecule has 0 saturated heterocycles. The molecule has 0 aliphatic heterocycles. The first-order valence-electron chi connectivity index (χ1n) is 7.51. The minimum absolute atomic E-state index is 0.703. The van der Waals surface area contributed by atoms with Gasteiger partial charge in [0.25, 0.3) is 0 Å². The fourth-order valence-corrected chi connectivity index (χ4v) is 2.81. The van der Waals surface area contributed by atoms with Gasteiger partial charge >= 0.3 is 0 Å². The lowest BCUT2D eigenvalue weighted by Gasteiger charge is -2.09. The monoisotopic (exact) mass is 278 g/mol. The Morgan fingerprint density at radius 1 is 0.905 bits per heavy atom. The first-order chi connectivity index (χ1) is 10.2. The number of fused-ring (bicyclic) bond motifs is 1. The van der Waals surface area contributed by atoms with Crippen molar-refractivity contribution in [2.24, 2.45) is 5.73 Å². The highest BCUT2D eigenvalue weighted by atomic mass is 14.9. The zero-order valence-corrected chi connectivity index (χ0v) is 12.8. The summed E-state index contributed by atoms with van der Waals surface area (Å²) >= 11 is 0. The Kier molecular flexibility index (Phi) is 3.80. The molecule has 0 amide bonds. The van der Waals surface area contributed by atoms with E-state index in [1.807, 2.05) is 0 Å². The van der Waals surface area contributed by atoms with Crippen molar-refractivity contribution in [2.45, 2.75) is 26.8 Å². The molecular weight excluding hydrogens is 256 g/mol. The number of aryl methyl sites for hydroxylation is 2. The van der Waals surface area contributed by atoms with Gasteiger partial charge < -0.3 is 10.3 Å². The number of benzene rings is 2. The first-order valence-corrected chi connectivity index (χ1v) is 7.51. The summed E-state index contributed by atoms with van der Waals surface area (Å²) < 4.78 is 2.31. The third-order valence-electron chi connectivity index (χ3n) is 4.19. The number of hydrogen-bond donors (Lipinski definition) is 1. The van der Waals surface area contributed by atoms with Gasteiger partial charge in [0, 0.05) is 18.3 Å². The maximum absolute atomic E-state index is 5.63. The number of aromatic nitrogens is 1. The smallest absolute Gasteiger partial charge is 0.0483 e. The Hall–Kier alpha value is -2.06. The molecule has 2 heteroatoms. The Bertz CT molecular complexity index is 768. The van der Waals surface area contributed by atoms with Gasteiger partial charge in [-0.3, -0.25) is 0 Å². The number of rotatable bonds is 4. The Balaban J connectivity index is 1.91. The van der Waals surface area contributed by atoms with E-state index in [-0.39, 0.29) is 0 Å². The summed E-state index contributed by atoms with van der Waals surface area (Å²) in [7, 11) is 0. The van der Waals surface area contributed by atoms with Gasteiger partial charge in [-0.2, -0.15) is 0 Å². The van der Waals surface area contributed by atoms with Crippen LogP contribution in [0.15, 0.2) is 48.7 Å². The maximum atomic E-state index is 5.63. The van der Waals surface area contributed by atoms with E-state index in [1.54, 1.807) is 0 Å². The van der Waals surface area contributed by atoms with E-state index < -0.39 is 0 Å². The minimum Gasteiger partial charge on any atom is -0.343 e. The van der Waals surface area contributed by atoms with E-state index in [4.69, 9.17) is 5.73 Å². The molecule has 1 aromatic heterocycles. The molecule has 0 radical (unpaired) electrons. The van der Waals surface area contributed by atoms with E-state index in [1.165, 1.54) is 33.2 Å². The molecule has 0 unspecified atom stereocenters. The highest BCUT2D eigenvalue weighted by Crippen LogP contribution is 2.20. The Morgan fingerprint density at radius 3 is 2.48 bits per heavy atom. The number of nitrogens with zero attached hydrogens (tertiary/aromatic N) is 1. The van der Waals surface area contributed by atoms with Crippen LogP contribution < -0.4 is 5.73 Å². The summed E-state index contributed by atoms with van der Waals surface area (Å²) in [5.74, 6) is 0. The van der Waals surface area contributed by atoms with E-state index in [2.05, 4.69) is 67.1 Å². The fraction of sp³-hybridized carbons (Fsp3) is 0.263. The number of hydrogen-bond acceptors (Lipinski definition) is 1. The van der Waals surface area contributed by atoms with Gasteiger partial charge in [-0.25, -0.2) is 0 Å². The lowest BCUT2D eigenvalue weighted by Crippen LogP contribution is -2.02. The topological polar surface area (TPSA) is 30.9 Å². The highest BCUT2D eigenvalue weighted by Gasteiger charge is 2.04. The van der Waals surface area contributed by atoms with Crippen LogP contribution in [0.4, 0.5) is 0 Å². The average Bonchev–Trinajstić information content (AvgIpc) is 2.86. The first kappa shape index (κ1) is 13.9. The van der Waals surface area contributed by atoms with Crippen molar-refractivity contribution in [2.75, 3.05) is 6.54 Å². The largest absolute Gasteiger partial charge is 0.343 e. The van der Waals surface area contributed by atoms with E-state index in [9.17, 15) is 0 Å². The van der Waals surface area contributed by atoms with Gasteiger partial charge in [0.1, 0.15) is 0 Å². The summed E-state index contributed by atoms with van der Waals surface area (Å²) in [5, 5.41) is 1.30. The van der Waals surface area contributed by atoms with Crippen molar-refractivity contribution in [3.05, 3.63) is 70.9 Å². The zero-order chi connectivity index (χ0) is 14.8. The van der Waals surface area contributed by atoms with Crippen molar-refractivity contribution in [3.63, 3.8) is 0 Å². The van der Waals surface area contributed by atoms with Crippen molar-refractivity contribution < 1.29 is 0 Å². The second-order valence-corrected chi connectivity index (χ2v) is 5.79. The van der Waals surface area contributed by atoms with Crippen molar-refractivity contribution in [3.8, 4) is 0 Å². The predicted octanol–water partition coefficient (Wildman–Crippen LogP) is 3.81. The minimum atomic E-state index is 0.703. The normalized spacial score (nSPS) is 11.2. The second kappa shape index (κ2) is 5.74. The molecule has 2 N–H and O–H groups in total. The second-order valence-electron chi connectivity index (χ2n) is 5.79. The molecule has 0 atom stereocenters. The van der Waals surface area contributed by atoms with Crippen molar-refractivity contribution >= 4 is 10.9 Å². The lowest BCUT2D eigenvalue weighted by atomic mass is 10.1. The van der Waals surface area contributed by atoms with Crippen molar-refractivity contribution in [1.29, 1.82) is 0 Å². The molecular formula is C19H22N2. The van der Waals surface area contributed by atoms with Crippen LogP contribution in [-0.4, -0.2) is 11.1 Å². The molecule has 3 aromatic rings. The molecule has 21 heavy (non-hydrogen) atoms. The van der Waals surface area contributed by atoms with Crippen LogP contribution >= 0.6 is 0 Å². The van der Waals surface area contributed by atoms with Gasteiger partial charge in [-0.15, -0.1) is 0 Å². The number of nitrogens with two attached hydrogens (primary N) is 1. The Labute approximate surface area is 126 Å². The van der Waals surface area contributed by atoms with Crippen LogP contribution in [0.5, 0.6) is 0 Å². The van der Waals surface area contributed by atoms with Crippen LogP contribution in [-0.2, 0) is 13.0 Å². The average molecular weight is 278 g/mol. The van der Waals surface area contributed by atoms with E-state index >= 15 is 0 Å². The molecule has 1 heterocycles. The molecule has 2 nitrogen and oxygen atoms in total. The molecule has 0 aliphatic carbocycles. The summed E-state index contributed by atoms with van der Waals surface area (Å²) in [6.45, 7) is 5.95. The molecule has 0 saturated carbocycles. The van der Waals surface area contributed by atoms with Crippen LogP contribution in [0.3, 0.4) is 0 Å². The molecule has 108 valence electrons. The van der Waals surface area contributed by atoms with Gasteiger partial charge in [-0.05, 0) is 72.7 Å². The highest BCUT2D eigenvalue weighted by molar-refractivity contribution is 5.81. The van der Waals surface area contributed by atoms with Gasteiger partial charge in [0.05, 0.1) is 0 Å². The third kappa shape index (κ3) is 2.86. The molecule has 0 fully saturated rings. The van der Waals surface area contributed by atoms with E-state index in [0.29, 0.717) is 6.54 Å². The van der Waals surface area contributed by atoms with Crippen molar-refractivity contribution in [1.82, 2.24) is 4.57 Å². The van der Waals surface area contributed by atoms with Gasteiger partial charge in [0.2, 0.25) is 0 Å². The summed E-state index contributed by atoms with van der Waals surface area (Å²) in [6, 6.07) is 15.5. The quantitative estimate of drug-likeness (QED) is 0.773. The molecule has 2 aromatic carbocycles. The van der Waals surface area contributed by atoms with Crippen LogP contribution in [0, 0.1) is 13.8 Å². The summed E-state index contributed by atoms with van der Waals surface area (Å²) in [5.41, 5.74) is 12.3. The fourth-order valence-electron chi connectivity index (χ4n) is 2.81. The molecule has 3 rings (SSSR count). The lowest BCUT2D eigenvalue weighted by molar-refractivity contribution is 0.835. The Morgan fingerprint density at radius 2 is 1.71 bits per heavy atom. The van der Waals surface area contributed by atoms with Gasteiger partial charge in [-0.1, -0.05) is 24.3 Å². The molecule has 0 bridgehead atoms. The zero-order valence-electron chi connectivity index (χ0n) is 12.8. The van der Waals surface area contributed by atoms with Crippen LogP contribution in [0.25, 0.3) is 10.9 Å². The third-order valence-corrected chi connectivity index (χ3v) is 4.19. The predicted molar refractivity (Wildman–Crippen MR) is 89.7 cm³/mol. The SMILES string of the molecule is Cc1ccc(Cn2ccc3cc(CCN)ccc32)cc1C. The van der Waals surface area contributed by atoms with Crippen LogP contribution in [0.1, 0.15) is 22.3 Å². The standard InChI is InChI=1S/C19H22N2/c1-14-3-4-17(11-15(14)2)13-21-10-8-18-12-16(7-9-20)5-6-19(18)21/h3-6,8,10-12H,7,9,13,20H2,1-2H3. The summed E-state index contributed by atoms with van der Waals surface area (Å²) in [6.07, 6.45) is 3.12.